The predicted molar refractivity (Wildman–Crippen MR) is 125 cm³/mol. The van der Waals surface area contributed by atoms with Gasteiger partial charge in [0.1, 0.15) is 30.0 Å². The van der Waals surface area contributed by atoms with E-state index in [1.807, 2.05) is 44.2 Å². The second kappa shape index (κ2) is 9.09. The number of rotatable bonds is 8. The lowest BCUT2D eigenvalue weighted by molar-refractivity contribution is 0.108. The molecule has 3 N–H and O–H groups in total. The molecule has 2 aromatic heterocycles. The topological polar surface area (TPSA) is 109 Å². The van der Waals surface area contributed by atoms with Crippen LogP contribution >= 0.6 is 0 Å². The Labute approximate surface area is 193 Å². The van der Waals surface area contributed by atoms with E-state index in [1.54, 1.807) is 7.05 Å². The van der Waals surface area contributed by atoms with Crippen LogP contribution in [-0.4, -0.2) is 71.7 Å². The van der Waals surface area contributed by atoms with Crippen LogP contribution in [0.25, 0.3) is 22.6 Å². The number of anilines is 1. The smallest absolute Gasteiger partial charge is 0.162 e. The zero-order chi connectivity index (χ0) is 22.9. The van der Waals surface area contributed by atoms with Gasteiger partial charge in [0.05, 0.1) is 17.0 Å². The molecule has 9 nitrogen and oxygen atoms in total. The van der Waals surface area contributed by atoms with Crippen LogP contribution < -0.4 is 20.3 Å². The standard InChI is InChI=1S/C24H30N6O3/c1-14-23(15(2)33-29-14)21-9-22(30-12-17-8-18(30)10-26-17)28-24(27-21)16-5-4-6-20(7-16)32-13-19(31)11-25-3/h4-7,9,17-19,25-26,31H,8,10-13H2,1-3H3/t17?,18-,19?/m1/s1. The Balaban J connectivity index is 1.51. The van der Waals surface area contributed by atoms with Crippen molar-refractivity contribution in [3.63, 3.8) is 0 Å². The Hall–Kier alpha value is -3.01. The maximum atomic E-state index is 9.96. The number of likely N-dealkylation sites (N-methyl/N-ethyl adjacent to an activating group) is 1. The third-order valence-electron chi connectivity index (χ3n) is 6.33. The van der Waals surface area contributed by atoms with Gasteiger partial charge in [-0.2, -0.15) is 0 Å². The number of aromatic nitrogens is 3. The molecule has 2 aliphatic rings. The molecular formula is C24H30N6O3. The summed E-state index contributed by atoms with van der Waals surface area (Å²) in [6.45, 7) is 6.43. The van der Waals surface area contributed by atoms with Crippen molar-refractivity contribution < 1.29 is 14.4 Å². The van der Waals surface area contributed by atoms with Crippen LogP contribution in [0.5, 0.6) is 5.75 Å². The lowest BCUT2D eigenvalue weighted by atomic mass is 10.1. The molecule has 2 unspecified atom stereocenters. The molecule has 5 rings (SSSR count). The van der Waals surface area contributed by atoms with Crippen LogP contribution in [0.2, 0.25) is 0 Å². The summed E-state index contributed by atoms with van der Waals surface area (Å²) >= 11 is 0. The largest absolute Gasteiger partial charge is 0.491 e. The first-order valence-electron chi connectivity index (χ1n) is 11.4. The molecule has 9 heteroatoms. The zero-order valence-corrected chi connectivity index (χ0v) is 19.2. The SMILES string of the molecule is CNCC(O)COc1cccc(-c2nc(-c3c(C)noc3C)cc(N3CC4C[C@@H]3CN4)n2)c1. The van der Waals surface area contributed by atoms with Gasteiger partial charge >= 0.3 is 0 Å². The van der Waals surface area contributed by atoms with Gasteiger partial charge in [0, 0.05) is 43.3 Å². The molecule has 33 heavy (non-hydrogen) atoms. The highest BCUT2D eigenvalue weighted by Gasteiger charge is 2.38. The van der Waals surface area contributed by atoms with Gasteiger partial charge in [-0.25, -0.2) is 9.97 Å². The normalized spacial score (nSPS) is 20.4. The summed E-state index contributed by atoms with van der Waals surface area (Å²) in [5.74, 6) is 2.95. The number of nitrogens with one attached hydrogen (secondary N) is 2. The minimum absolute atomic E-state index is 0.208. The molecule has 174 valence electrons. The van der Waals surface area contributed by atoms with Gasteiger partial charge < -0.3 is 29.9 Å². The van der Waals surface area contributed by atoms with Gasteiger partial charge in [-0.3, -0.25) is 0 Å². The van der Waals surface area contributed by atoms with Crippen molar-refractivity contribution in [2.75, 3.05) is 38.2 Å². The molecule has 3 aromatic rings. The number of ether oxygens (including phenoxy) is 1. The maximum Gasteiger partial charge on any atom is 0.162 e. The van der Waals surface area contributed by atoms with Gasteiger partial charge in [-0.15, -0.1) is 0 Å². The monoisotopic (exact) mass is 450 g/mol. The molecule has 0 amide bonds. The van der Waals surface area contributed by atoms with Crippen molar-refractivity contribution in [1.29, 1.82) is 0 Å². The van der Waals surface area contributed by atoms with E-state index in [0.29, 0.717) is 30.2 Å². The highest BCUT2D eigenvalue weighted by atomic mass is 16.5. The van der Waals surface area contributed by atoms with Gasteiger partial charge in [0.2, 0.25) is 0 Å². The van der Waals surface area contributed by atoms with E-state index in [4.69, 9.17) is 19.2 Å². The van der Waals surface area contributed by atoms with E-state index in [0.717, 1.165) is 53.6 Å². The Morgan fingerprint density at radius 3 is 2.88 bits per heavy atom. The molecule has 2 bridgehead atoms. The predicted octanol–water partition coefficient (Wildman–Crippen LogP) is 1.93. The summed E-state index contributed by atoms with van der Waals surface area (Å²) in [6.07, 6.45) is 0.557. The maximum absolute atomic E-state index is 9.96. The summed E-state index contributed by atoms with van der Waals surface area (Å²) < 4.78 is 11.2. The van der Waals surface area contributed by atoms with Crippen LogP contribution in [-0.2, 0) is 0 Å². The fourth-order valence-electron chi connectivity index (χ4n) is 4.74. The fraction of sp³-hybridized carbons (Fsp3) is 0.458. The van der Waals surface area contributed by atoms with Crippen molar-refractivity contribution in [3.05, 3.63) is 41.8 Å². The number of piperazine rings is 1. The lowest BCUT2D eigenvalue weighted by Gasteiger charge is -2.29. The first-order chi connectivity index (χ1) is 16.0. The van der Waals surface area contributed by atoms with E-state index in [9.17, 15) is 5.11 Å². The number of benzene rings is 1. The number of nitrogens with zero attached hydrogens (tertiary/aromatic N) is 4. The van der Waals surface area contributed by atoms with Gasteiger partial charge in [0.25, 0.3) is 0 Å². The average molecular weight is 451 g/mol. The summed E-state index contributed by atoms with van der Waals surface area (Å²) in [5.41, 5.74) is 3.37. The number of fused-ring (bicyclic) bond motifs is 2. The Morgan fingerprint density at radius 2 is 2.18 bits per heavy atom. The van der Waals surface area contributed by atoms with Crippen LogP contribution in [0.1, 0.15) is 17.9 Å². The van der Waals surface area contributed by atoms with Crippen LogP contribution in [0.4, 0.5) is 5.82 Å². The van der Waals surface area contributed by atoms with Gasteiger partial charge in [-0.1, -0.05) is 17.3 Å². The molecule has 2 saturated heterocycles. The number of hydrogen-bond acceptors (Lipinski definition) is 9. The molecule has 2 fully saturated rings. The first kappa shape index (κ1) is 21.8. The molecule has 0 saturated carbocycles. The van der Waals surface area contributed by atoms with E-state index in [-0.39, 0.29) is 6.61 Å². The molecule has 0 radical (unpaired) electrons. The van der Waals surface area contributed by atoms with Crippen LogP contribution in [0.15, 0.2) is 34.9 Å². The van der Waals surface area contributed by atoms with Crippen molar-refractivity contribution in [3.8, 4) is 28.4 Å². The zero-order valence-electron chi connectivity index (χ0n) is 19.2. The van der Waals surface area contributed by atoms with Crippen LogP contribution in [0.3, 0.4) is 0 Å². The number of aryl methyl sites for hydroxylation is 2. The minimum atomic E-state index is -0.580. The first-order valence-corrected chi connectivity index (χ1v) is 11.4. The Bertz CT molecular complexity index is 1110. The molecule has 0 spiro atoms. The molecule has 4 heterocycles. The highest BCUT2D eigenvalue weighted by molar-refractivity contribution is 5.71. The van der Waals surface area contributed by atoms with Crippen molar-refractivity contribution >= 4 is 5.82 Å². The molecule has 3 atom stereocenters. The van der Waals surface area contributed by atoms with E-state index < -0.39 is 6.10 Å². The number of aliphatic hydroxyl groups excluding tert-OH is 1. The fourth-order valence-corrected chi connectivity index (χ4v) is 4.74. The Kier molecular flexibility index (Phi) is 6.01. The highest BCUT2D eigenvalue weighted by Crippen LogP contribution is 2.34. The van der Waals surface area contributed by atoms with Gasteiger partial charge in [0.15, 0.2) is 5.82 Å². The Morgan fingerprint density at radius 1 is 1.30 bits per heavy atom. The minimum Gasteiger partial charge on any atom is -0.491 e. The summed E-state index contributed by atoms with van der Waals surface area (Å²) in [4.78, 5) is 12.2. The quantitative estimate of drug-likeness (QED) is 0.474. The van der Waals surface area contributed by atoms with E-state index in [2.05, 4.69) is 20.7 Å². The van der Waals surface area contributed by atoms with Crippen molar-refractivity contribution in [1.82, 2.24) is 25.8 Å². The van der Waals surface area contributed by atoms with E-state index in [1.165, 1.54) is 0 Å². The van der Waals surface area contributed by atoms with Crippen molar-refractivity contribution in [2.24, 2.45) is 0 Å². The average Bonchev–Trinajstić information content (AvgIpc) is 3.54. The number of hydrogen-bond donors (Lipinski definition) is 3. The summed E-state index contributed by atoms with van der Waals surface area (Å²) in [6, 6.07) is 10.7. The molecule has 1 aromatic carbocycles. The molecule has 0 aliphatic carbocycles. The van der Waals surface area contributed by atoms with Gasteiger partial charge in [-0.05, 0) is 39.4 Å². The summed E-state index contributed by atoms with van der Waals surface area (Å²) in [7, 11) is 1.80. The molecular weight excluding hydrogens is 420 g/mol. The van der Waals surface area contributed by atoms with Crippen LogP contribution in [0, 0.1) is 13.8 Å². The second-order valence-electron chi connectivity index (χ2n) is 8.83. The second-order valence-corrected chi connectivity index (χ2v) is 8.83. The lowest BCUT2D eigenvalue weighted by Crippen LogP contribution is -2.44. The van der Waals surface area contributed by atoms with Crippen molar-refractivity contribution in [2.45, 2.75) is 38.5 Å². The summed E-state index contributed by atoms with van der Waals surface area (Å²) in [5, 5.41) is 20.6. The number of aliphatic hydroxyl groups is 1. The third-order valence-corrected chi connectivity index (χ3v) is 6.33. The van der Waals surface area contributed by atoms with E-state index >= 15 is 0 Å². The molecule has 2 aliphatic heterocycles. The third kappa shape index (κ3) is 4.44.